The van der Waals surface area contributed by atoms with Gasteiger partial charge in [-0.25, -0.2) is 4.79 Å². The predicted octanol–water partition coefficient (Wildman–Crippen LogP) is 0.613. The molecule has 7 heteroatoms. The van der Waals surface area contributed by atoms with Crippen LogP contribution in [-0.4, -0.2) is 52.2 Å². The number of aliphatic carboxylic acids is 1. The van der Waals surface area contributed by atoms with E-state index in [1.165, 1.54) is 0 Å². The largest absolute Gasteiger partial charge is 0.478 e. The quantitative estimate of drug-likeness (QED) is 0.252. The van der Waals surface area contributed by atoms with Gasteiger partial charge in [0.25, 0.3) is 0 Å². The molecule has 1 amide bonds. The first kappa shape index (κ1) is 17.8. The van der Waals surface area contributed by atoms with Crippen molar-refractivity contribution in [2.75, 3.05) is 19.8 Å². The number of carbonyl (C=O) groups is 2. The minimum absolute atomic E-state index is 0.155. The van der Waals surface area contributed by atoms with Crippen molar-refractivity contribution in [3.8, 4) is 0 Å². The molecule has 0 saturated heterocycles. The molecular weight excluding hydrogens is 266 g/mol. The van der Waals surface area contributed by atoms with Crippen molar-refractivity contribution < 1.29 is 24.2 Å². The van der Waals surface area contributed by atoms with Crippen LogP contribution in [0.25, 0.3) is 0 Å². The maximum absolute atomic E-state index is 11.1. The Balaban J connectivity index is 3.62. The zero-order valence-electron chi connectivity index (χ0n) is 11.3. The summed E-state index contributed by atoms with van der Waals surface area (Å²) in [7, 11) is 0.529. The third kappa shape index (κ3) is 11.6. The van der Waals surface area contributed by atoms with E-state index in [0.717, 1.165) is 24.6 Å². The zero-order chi connectivity index (χ0) is 14.5. The number of carboxylic acids is 1. The standard InChI is InChI=1S/C12H21NO5Si/c1-3-17-12(18-4-2)19-9-5-8-13-10(14)6-7-11(15)16/h6-7,12H,3-5,8-9H2,1-2H3,(H,13,14)(H,15,16)/b7-6-. The van der Waals surface area contributed by atoms with Crippen LogP contribution >= 0.6 is 0 Å². The van der Waals surface area contributed by atoms with E-state index in [9.17, 15) is 9.59 Å². The first-order valence-electron chi connectivity index (χ1n) is 6.25. The fourth-order valence-corrected chi connectivity index (χ4v) is 2.38. The molecule has 0 saturated carbocycles. The van der Waals surface area contributed by atoms with Crippen LogP contribution in [0.5, 0.6) is 0 Å². The summed E-state index contributed by atoms with van der Waals surface area (Å²) in [5.41, 5.74) is 0. The van der Waals surface area contributed by atoms with E-state index in [1.54, 1.807) is 0 Å². The van der Waals surface area contributed by atoms with E-state index in [2.05, 4.69) is 5.32 Å². The number of hydrogen-bond acceptors (Lipinski definition) is 4. The van der Waals surface area contributed by atoms with Gasteiger partial charge < -0.3 is 19.9 Å². The van der Waals surface area contributed by atoms with Gasteiger partial charge in [0.05, 0.1) is 0 Å². The molecule has 0 aliphatic carbocycles. The van der Waals surface area contributed by atoms with Crippen LogP contribution in [0.4, 0.5) is 0 Å². The molecule has 0 aromatic carbocycles. The third-order valence-corrected chi connectivity index (χ3v) is 3.29. The Morgan fingerprint density at radius 1 is 1.26 bits per heavy atom. The van der Waals surface area contributed by atoms with Gasteiger partial charge in [-0.05, 0) is 20.3 Å². The van der Waals surface area contributed by atoms with Gasteiger partial charge in [-0.15, -0.1) is 0 Å². The lowest BCUT2D eigenvalue weighted by Gasteiger charge is -2.15. The fourth-order valence-electron chi connectivity index (χ4n) is 1.19. The first-order valence-corrected chi connectivity index (χ1v) is 7.54. The average molecular weight is 287 g/mol. The topological polar surface area (TPSA) is 84.9 Å². The van der Waals surface area contributed by atoms with E-state index >= 15 is 0 Å². The van der Waals surface area contributed by atoms with Crippen LogP contribution in [0, 0.1) is 0 Å². The maximum Gasteiger partial charge on any atom is 0.328 e. The highest BCUT2D eigenvalue weighted by atomic mass is 28.2. The Morgan fingerprint density at radius 2 is 1.89 bits per heavy atom. The minimum Gasteiger partial charge on any atom is -0.478 e. The van der Waals surface area contributed by atoms with E-state index in [4.69, 9.17) is 14.6 Å². The first-order chi connectivity index (χ1) is 9.10. The Labute approximate surface area is 116 Å². The summed E-state index contributed by atoms with van der Waals surface area (Å²) >= 11 is 0. The predicted molar refractivity (Wildman–Crippen MR) is 72.0 cm³/mol. The number of hydrogen-bond donors (Lipinski definition) is 2. The van der Waals surface area contributed by atoms with Gasteiger partial charge in [0.15, 0.2) is 0 Å². The van der Waals surface area contributed by atoms with E-state index in [1.807, 2.05) is 13.8 Å². The van der Waals surface area contributed by atoms with Gasteiger partial charge in [0.1, 0.15) is 15.4 Å². The molecule has 0 unspecified atom stereocenters. The van der Waals surface area contributed by atoms with Gasteiger partial charge in [0.2, 0.25) is 5.91 Å². The Hall–Kier alpha value is -1.18. The highest BCUT2D eigenvalue weighted by Gasteiger charge is 2.08. The highest BCUT2D eigenvalue weighted by Crippen LogP contribution is 1.98. The van der Waals surface area contributed by atoms with Gasteiger partial charge >= 0.3 is 5.97 Å². The van der Waals surface area contributed by atoms with Gasteiger partial charge in [-0.2, -0.15) is 0 Å². The third-order valence-electron chi connectivity index (χ3n) is 1.98. The molecule has 0 heterocycles. The van der Waals surface area contributed by atoms with Crippen LogP contribution in [0.2, 0.25) is 6.04 Å². The lowest BCUT2D eigenvalue weighted by molar-refractivity contribution is -0.131. The molecule has 0 bridgehead atoms. The summed E-state index contributed by atoms with van der Waals surface area (Å²) in [6.45, 7) is 5.60. The summed E-state index contributed by atoms with van der Waals surface area (Å²) in [6, 6.07) is 0.896. The number of ether oxygens (including phenoxy) is 2. The summed E-state index contributed by atoms with van der Waals surface area (Å²) in [5.74, 6) is -1.68. The monoisotopic (exact) mass is 287 g/mol. The molecule has 0 rings (SSSR count). The van der Waals surface area contributed by atoms with Crippen LogP contribution < -0.4 is 5.32 Å². The van der Waals surface area contributed by atoms with Crippen molar-refractivity contribution in [1.29, 1.82) is 0 Å². The second-order valence-corrected chi connectivity index (χ2v) is 4.89. The smallest absolute Gasteiger partial charge is 0.328 e. The fraction of sp³-hybridized carbons (Fsp3) is 0.667. The van der Waals surface area contributed by atoms with Crippen molar-refractivity contribution in [2.24, 2.45) is 0 Å². The van der Waals surface area contributed by atoms with Crippen molar-refractivity contribution in [3.63, 3.8) is 0 Å². The van der Waals surface area contributed by atoms with Crippen molar-refractivity contribution in [2.45, 2.75) is 32.2 Å². The molecular formula is C12H21NO5Si. The minimum atomic E-state index is -1.13. The summed E-state index contributed by atoms with van der Waals surface area (Å²) < 4.78 is 10.8. The summed E-state index contributed by atoms with van der Waals surface area (Å²) in [6.07, 6.45) is 2.63. The Morgan fingerprint density at radius 3 is 2.42 bits per heavy atom. The van der Waals surface area contributed by atoms with E-state index < -0.39 is 11.9 Å². The SMILES string of the molecule is CCOC(OCC)[Si]CCCNC(=O)/C=C\C(=O)O. The van der Waals surface area contributed by atoms with Crippen LogP contribution in [0.15, 0.2) is 12.2 Å². The lowest BCUT2D eigenvalue weighted by atomic mass is 10.4. The van der Waals surface area contributed by atoms with Gasteiger partial charge in [-0.3, -0.25) is 4.79 Å². The zero-order valence-corrected chi connectivity index (χ0v) is 12.3. The van der Waals surface area contributed by atoms with Gasteiger partial charge in [-0.1, -0.05) is 6.04 Å². The van der Waals surface area contributed by atoms with Gasteiger partial charge in [0, 0.05) is 31.9 Å². The molecule has 0 spiro atoms. The molecule has 6 nitrogen and oxygen atoms in total. The molecule has 2 radical (unpaired) electrons. The van der Waals surface area contributed by atoms with Crippen LogP contribution in [0.1, 0.15) is 20.3 Å². The summed E-state index contributed by atoms with van der Waals surface area (Å²) in [5, 5.41) is 11.0. The van der Waals surface area contributed by atoms with Crippen molar-refractivity contribution >= 4 is 21.4 Å². The number of rotatable bonds is 11. The molecule has 0 fully saturated rings. The van der Waals surface area contributed by atoms with E-state index in [0.29, 0.717) is 29.3 Å². The lowest BCUT2D eigenvalue weighted by Crippen LogP contribution is -2.26. The molecule has 0 aromatic heterocycles. The number of carbonyl (C=O) groups excluding carboxylic acids is 1. The number of amides is 1. The molecule has 0 aliphatic heterocycles. The highest BCUT2D eigenvalue weighted by molar-refractivity contribution is 6.36. The van der Waals surface area contributed by atoms with Crippen LogP contribution in [-0.2, 0) is 19.1 Å². The van der Waals surface area contributed by atoms with Crippen molar-refractivity contribution in [3.05, 3.63) is 12.2 Å². The molecule has 0 aliphatic rings. The Bertz CT molecular complexity index is 290. The normalized spacial score (nSPS) is 11.1. The average Bonchev–Trinajstić information content (AvgIpc) is 2.36. The molecule has 108 valence electrons. The molecule has 0 atom stereocenters. The van der Waals surface area contributed by atoms with Crippen LogP contribution in [0.3, 0.4) is 0 Å². The van der Waals surface area contributed by atoms with E-state index in [-0.39, 0.29) is 5.91 Å². The molecule has 2 N–H and O–H groups in total. The second kappa shape index (κ2) is 11.9. The molecule has 19 heavy (non-hydrogen) atoms. The Kier molecular flexibility index (Phi) is 11.1. The summed E-state index contributed by atoms with van der Waals surface area (Å²) in [4.78, 5) is 21.3. The molecule has 0 aromatic rings. The second-order valence-electron chi connectivity index (χ2n) is 3.51. The maximum atomic E-state index is 11.1. The number of nitrogens with one attached hydrogen (secondary N) is 1. The van der Waals surface area contributed by atoms with Crippen molar-refractivity contribution in [1.82, 2.24) is 5.32 Å². The number of carboxylic acid groups (broad SMARTS) is 1.